The minimum absolute atomic E-state index is 0.199. The normalized spacial score (nSPS) is 16.5. The van der Waals surface area contributed by atoms with Crippen molar-refractivity contribution < 1.29 is 0 Å². The van der Waals surface area contributed by atoms with E-state index in [0.29, 0.717) is 18.3 Å². The van der Waals surface area contributed by atoms with Crippen molar-refractivity contribution in [3.8, 4) is 0 Å². The molecule has 1 saturated heterocycles. The molecule has 0 aromatic carbocycles. The standard InChI is InChI=1S/C12H17ClN4O/c1-2-7-17-12(18)11(13)10(8-15-17)16-9-3-5-14-6-4-9/h2,8-9,14,16H,1,3-7H2. The number of nitrogens with zero attached hydrogens (tertiary/aromatic N) is 2. The predicted molar refractivity (Wildman–Crippen MR) is 73.2 cm³/mol. The maximum absolute atomic E-state index is 11.9. The van der Waals surface area contributed by atoms with Gasteiger partial charge in [0, 0.05) is 6.04 Å². The van der Waals surface area contributed by atoms with Crippen molar-refractivity contribution in [1.29, 1.82) is 0 Å². The highest BCUT2D eigenvalue weighted by Gasteiger charge is 2.15. The first-order valence-corrected chi connectivity index (χ1v) is 6.44. The number of nitrogens with one attached hydrogen (secondary N) is 2. The molecule has 0 unspecified atom stereocenters. The average molecular weight is 269 g/mol. The van der Waals surface area contributed by atoms with Gasteiger partial charge in [-0.1, -0.05) is 17.7 Å². The van der Waals surface area contributed by atoms with Crippen LogP contribution in [0.1, 0.15) is 12.8 Å². The number of piperidine rings is 1. The van der Waals surface area contributed by atoms with E-state index < -0.39 is 0 Å². The van der Waals surface area contributed by atoms with E-state index >= 15 is 0 Å². The molecule has 1 aliphatic heterocycles. The number of hydrogen-bond acceptors (Lipinski definition) is 4. The molecule has 0 radical (unpaired) electrons. The van der Waals surface area contributed by atoms with Gasteiger partial charge in [-0.3, -0.25) is 4.79 Å². The molecule has 0 bridgehead atoms. The summed E-state index contributed by atoms with van der Waals surface area (Å²) in [5.74, 6) is 0. The van der Waals surface area contributed by atoms with Crippen LogP contribution in [0.4, 0.5) is 5.69 Å². The van der Waals surface area contributed by atoms with Crippen molar-refractivity contribution in [3.63, 3.8) is 0 Å². The molecule has 0 atom stereocenters. The smallest absolute Gasteiger partial charge is 0.287 e. The van der Waals surface area contributed by atoms with Crippen LogP contribution in [-0.2, 0) is 6.54 Å². The summed E-state index contributed by atoms with van der Waals surface area (Å²) in [5.41, 5.74) is 0.337. The topological polar surface area (TPSA) is 59.0 Å². The maximum atomic E-state index is 11.9. The summed E-state index contributed by atoms with van der Waals surface area (Å²) in [5, 5.41) is 10.8. The lowest BCUT2D eigenvalue weighted by Crippen LogP contribution is -2.36. The van der Waals surface area contributed by atoms with E-state index in [0.717, 1.165) is 25.9 Å². The van der Waals surface area contributed by atoms with Gasteiger partial charge in [0.2, 0.25) is 0 Å². The molecular formula is C12H17ClN4O. The van der Waals surface area contributed by atoms with Gasteiger partial charge >= 0.3 is 0 Å². The summed E-state index contributed by atoms with van der Waals surface area (Å²) in [6.45, 7) is 5.91. The van der Waals surface area contributed by atoms with Crippen LogP contribution >= 0.6 is 11.6 Å². The molecular weight excluding hydrogens is 252 g/mol. The highest BCUT2D eigenvalue weighted by atomic mass is 35.5. The second-order valence-corrected chi connectivity index (χ2v) is 4.69. The molecule has 6 heteroatoms. The summed E-state index contributed by atoms with van der Waals surface area (Å²) in [6.07, 6.45) is 5.26. The van der Waals surface area contributed by atoms with Crippen molar-refractivity contribution in [2.45, 2.75) is 25.4 Å². The Morgan fingerprint density at radius 1 is 1.61 bits per heavy atom. The van der Waals surface area contributed by atoms with E-state index in [1.54, 1.807) is 12.3 Å². The Hall–Kier alpha value is -1.33. The fraction of sp³-hybridized carbons (Fsp3) is 0.500. The molecule has 1 aromatic heterocycles. The van der Waals surface area contributed by atoms with Crippen LogP contribution in [-0.4, -0.2) is 28.9 Å². The zero-order valence-corrected chi connectivity index (χ0v) is 10.9. The lowest BCUT2D eigenvalue weighted by molar-refractivity contribution is 0.478. The number of halogens is 1. The highest BCUT2D eigenvalue weighted by molar-refractivity contribution is 6.32. The first kappa shape index (κ1) is 13.1. The molecule has 2 N–H and O–H groups in total. The zero-order valence-electron chi connectivity index (χ0n) is 10.2. The van der Waals surface area contributed by atoms with Crippen LogP contribution in [0.5, 0.6) is 0 Å². The van der Waals surface area contributed by atoms with Gasteiger partial charge in [-0.2, -0.15) is 5.10 Å². The Kier molecular flexibility index (Phi) is 4.38. The van der Waals surface area contributed by atoms with E-state index in [-0.39, 0.29) is 10.6 Å². The summed E-state index contributed by atoms with van der Waals surface area (Å²) in [7, 11) is 0. The van der Waals surface area contributed by atoms with E-state index in [4.69, 9.17) is 11.6 Å². The predicted octanol–water partition coefficient (Wildman–Crippen LogP) is 1.25. The van der Waals surface area contributed by atoms with Crippen molar-refractivity contribution in [2.75, 3.05) is 18.4 Å². The average Bonchev–Trinajstić information content (AvgIpc) is 2.40. The van der Waals surface area contributed by atoms with Crippen LogP contribution in [0.15, 0.2) is 23.6 Å². The lowest BCUT2D eigenvalue weighted by atomic mass is 10.1. The minimum atomic E-state index is -0.282. The first-order chi connectivity index (χ1) is 8.72. The molecule has 98 valence electrons. The molecule has 1 aliphatic rings. The second kappa shape index (κ2) is 6.02. The summed E-state index contributed by atoms with van der Waals surface area (Å²) in [6, 6.07) is 0.347. The van der Waals surface area contributed by atoms with Gasteiger partial charge in [-0.05, 0) is 25.9 Å². The van der Waals surface area contributed by atoms with Gasteiger partial charge in [0.25, 0.3) is 5.56 Å². The first-order valence-electron chi connectivity index (χ1n) is 6.06. The molecule has 5 nitrogen and oxygen atoms in total. The van der Waals surface area contributed by atoms with Crippen molar-refractivity contribution in [1.82, 2.24) is 15.1 Å². The van der Waals surface area contributed by atoms with Gasteiger partial charge in [0.05, 0.1) is 18.4 Å². The van der Waals surface area contributed by atoms with E-state index in [9.17, 15) is 4.79 Å². The quantitative estimate of drug-likeness (QED) is 0.807. The van der Waals surface area contributed by atoms with Gasteiger partial charge in [-0.25, -0.2) is 4.68 Å². The number of rotatable bonds is 4. The van der Waals surface area contributed by atoms with Crippen molar-refractivity contribution in [2.24, 2.45) is 0 Å². The third-order valence-corrected chi connectivity index (χ3v) is 3.35. The molecule has 0 amide bonds. The third-order valence-electron chi connectivity index (χ3n) is 2.99. The summed E-state index contributed by atoms with van der Waals surface area (Å²) in [4.78, 5) is 11.9. The minimum Gasteiger partial charge on any atom is -0.380 e. The number of allylic oxidation sites excluding steroid dienone is 1. The maximum Gasteiger partial charge on any atom is 0.287 e. The zero-order chi connectivity index (χ0) is 13.0. The third kappa shape index (κ3) is 2.91. The van der Waals surface area contributed by atoms with Crippen LogP contribution in [0, 0.1) is 0 Å². The Bertz CT molecular complexity index is 479. The number of anilines is 1. The molecule has 0 saturated carbocycles. The van der Waals surface area contributed by atoms with Crippen LogP contribution in [0.2, 0.25) is 5.02 Å². The lowest BCUT2D eigenvalue weighted by Gasteiger charge is -2.24. The second-order valence-electron chi connectivity index (χ2n) is 4.32. The van der Waals surface area contributed by atoms with Crippen LogP contribution < -0.4 is 16.2 Å². The van der Waals surface area contributed by atoms with Gasteiger partial charge in [-0.15, -0.1) is 6.58 Å². The molecule has 0 aliphatic carbocycles. The van der Waals surface area contributed by atoms with Crippen LogP contribution in [0.3, 0.4) is 0 Å². The number of hydrogen-bond donors (Lipinski definition) is 2. The summed E-state index contributed by atoms with van der Waals surface area (Å²) >= 11 is 6.07. The molecule has 0 spiro atoms. The highest BCUT2D eigenvalue weighted by Crippen LogP contribution is 2.18. The Morgan fingerprint density at radius 3 is 3.00 bits per heavy atom. The Balaban J connectivity index is 2.15. The molecule has 18 heavy (non-hydrogen) atoms. The summed E-state index contributed by atoms with van der Waals surface area (Å²) < 4.78 is 1.29. The van der Waals surface area contributed by atoms with Gasteiger partial charge in [0.1, 0.15) is 5.02 Å². The Morgan fingerprint density at radius 2 is 2.33 bits per heavy atom. The monoisotopic (exact) mass is 268 g/mol. The molecule has 1 aromatic rings. The largest absolute Gasteiger partial charge is 0.380 e. The molecule has 2 heterocycles. The van der Waals surface area contributed by atoms with Gasteiger partial charge in [0.15, 0.2) is 0 Å². The fourth-order valence-corrected chi connectivity index (χ4v) is 2.21. The molecule has 1 fully saturated rings. The van der Waals surface area contributed by atoms with Crippen LogP contribution in [0.25, 0.3) is 0 Å². The fourth-order valence-electron chi connectivity index (χ4n) is 2.00. The molecule has 2 rings (SSSR count). The number of aromatic nitrogens is 2. The van der Waals surface area contributed by atoms with E-state index in [1.165, 1.54) is 4.68 Å². The van der Waals surface area contributed by atoms with Gasteiger partial charge < -0.3 is 10.6 Å². The SMILES string of the molecule is C=CCn1ncc(NC2CCNCC2)c(Cl)c1=O. The van der Waals surface area contributed by atoms with Crippen molar-refractivity contribution >= 4 is 17.3 Å². The van der Waals surface area contributed by atoms with E-state index in [1.807, 2.05) is 0 Å². The van der Waals surface area contributed by atoms with E-state index in [2.05, 4.69) is 22.3 Å². The Labute approximate surface area is 111 Å². The van der Waals surface area contributed by atoms with Crippen molar-refractivity contribution in [3.05, 3.63) is 34.2 Å².